The molecule has 0 heterocycles. The quantitative estimate of drug-likeness (QED) is 0.399. The van der Waals surface area contributed by atoms with Gasteiger partial charge in [0.05, 0.1) is 7.11 Å². The fraction of sp³-hybridized carbons (Fsp3) is 0.467. The zero-order valence-electron chi connectivity index (χ0n) is 13.1. The van der Waals surface area contributed by atoms with E-state index in [4.69, 9.17) is 0 Å². The highest BCUT2D eigenvalue weighted by molar-refractivity contribution is 14.0. The number of aliphatic imine (C=N–C) groups is 1. The standard InChI is InChI=1S/C15H22N4O2.HI/c1-10-8-13(10)19-14(16-2)17-9-11-4-6-12(7-5-11)18-15(20)21-3;/h4-7,10,13H,8-9H2,1-3H3,(H,18,20)(H2,16,17,19);1H. The number of carbonyl (C=O) groups is 1. The summed E-state index contributed by atoms with van der Waals surface area (Å²) in [5.74, 6) is 1.55. The van der Waals surface area contributed by atoms with Crippen molar-refractivity contribution in [2.24, 2.45) is 10.9 Å². The molecule has 122 valence electrons. The van der Waals surface area contributed by atoms with E-state index in [1.54, 1.807) is 7.05 Å². The lowest BCUT2D eigenvalue weighted by atomic mass is 10.2. The van der Waals surface area contributed by atoms with Gasteiger partial charge in [-0.2, -0.15) is 0 Å². The minimum absolute atomic E-state index is 0. The van der Waals surface area contributed by atoms with E-state index in [-0.39, 0.29) is 24.0 Å². The van der Waals surface area contributed by atoms with Gasteiger partial charge in [-0.05, 0) is 30.0 Å². The van der Waals surface area contributed by atoms with Crippen LogP contribution in [0.2, 0.25) is 0 Å². The molecule has 3 N–H and O–H groups in total. The molecule has 1 aromatic carbocycles. The fourth-order valence-electron chi connectivity index (χ4n) is 1.95. The normalized spacial score (nSPS) is 19.7. The van der Waals surface area contributed by atoms with E-state index >= 15 is 0 Å². The van der Waals surface area contributed by atoms with Crippen LogP contribution in [0, 0.1) is 5.92 Å². The van der Waals surface area contributed by atoms with E-state index in [1.807, 2.05) is 24.3 Å². The van der Waals surface area contributed by atoms with Crippen LogP contribution in [0.4, 0.5) is 10.5 Å². The zero-order chi connectivity index (χ0) is 15.2. The van der Waals surface area contributed by atoms with Crippen molar-refractivity contribution in [3.05, 3.63) is 29.8 Å². The molecule has 0 saturated heterocycles. The topological polar surface area (TPSA) is 74.8 Å². The number of nitrogens with one attached hydrogen (secondary N) is 3. The average Bonchev–Trinajstić information content (AvgIpc) is 3.20. The van der Waals surface area contributed by atoms with Gasteiger partial charge in [0.25, 0.3) is 0 Å². The molecule has 0 aliphatic heterocycles. The predicted molar refractivity (Wildman–Crippen MR) is 98.8 cm³/mol. The molecule has 0 radical (unpaired) electrons. The molecule has 0 bridgehead atoms. The van der Waals surface area contributed by atoms with Crippen LogP contribution >= 0.6 is 24.0 Å². The Labute approximate surface area is 148 Å². The Bertz CT molecular complexity index is 519. The number of ether oxygens (including phenoxy) is 1. The van der Waals surface area contributed by atoms with Crippen molar-refractivity contribution in [1.82, 2.24) is 10.6 Å². The van der Waals surface area contributed by atoms with Crippen LogP contribution in [0.5, 0.6) is 0 Å². The zero-order valence-corrected chi connectivity index (χ0v) is 15.4. The van der Waals surface area contributed by atoms with Gasteiger partial charge >= 0.3 is 6.09 Å². The number of rotatable bonds is 4. The smallest absolute Gasteiger partial charge is 0.411 e. The van der Waals surface area contributed by atoms with Crippen LogP contribution in [0.25, 0.3) is 0 Å². The van der Waals surface area contributed by atoms with Crippen LogP contribution < -0.4 is 16.0 Å². The van der Waals surface area contributed by atoms with E-state index in [0.29, 0.717) is 18.3 Å². The number of hydrogen-bond donors (Lipinski definition) is 3. The van der Waals surface area contributed by atoms with Crippen LogP contribution in [-0.4, -0.2) is 32.3 Å². The highest BCUT2D eigenvalue weighted by Gasteiger charge is 2.33. The summed E-state index contributed by atoms with van der Waals surface area (Å²) in [7, 11) is 3.11. The lowest BCUT2D eigenvalue weighted by molar-refractivity contribution is 0.187. The summed E-state index contributed by atoms with van der Waals surface area (Å²) in [4.78, 5) is 15.3. The molecular weight excluding hydrogens is 395 g/mol. The van der Waals surface area contributed by atoms with Crippen molar-refractivity contribution in [2.45, 2.75) is 25.9 Å². The summed E-state index contributed by atoms with van der Waals surface area (Å²) < 4.78 is 4.54. The Kier molecular flexibility index (Phi) is 7.43. The van der Waals surface area contributed by atoms with E-state index in [1.165, 1.54) is 13.5 Å². The first-order valence-electron chi connectivity index (χ1n) is 7.03. The average molecular weight is 418 g/mol. The van der Waals surface area contributed by atoms with Crippen molar-refractivity contribution >= 4 is 41.7 Å². The number of anilines is 1. The second kappa shape index (κ2) is 8.82. The van der Waals surface area contributed by atoms with Gasteiger partial charge in [-0.1, -0.05) is 19.1 Å². The second-order valence-corrected chi connectivity index (χ2v) is 5.20. The summed E-state index contributed by atoms with van der Waals surface area (Å²) in [6.45, 7) is 2.90. The predicted octanol–water partition coefficient (Wildman–Crippen LogP) is 2.56. The minimum atomic E-state index is -0.468. The molecule has 2 atom stereocenters. The number of halogens is 1. The molecule has 1 amide bonds. The Balaban J connectivity index is 0.00000242. The van der Waals surface area contributed by atoms with Gasteiger partial charge < -0.3 is 15.4 Å². The molecule has 0 spiro atoms. The number of methoxy groups -OCH3 is 1. The van der Waals surface area contributed by atoms with Crippen molar-refractivity contribution in [1.29, 1.82) is 0 Å². The van der Waals surface area contributed by atoms with Crippen molar-refractivity contribution in [2.75, 3.05) is 19.5 Å². The second-order valence-electron chi connectivity index (χ2n) is 5.20. The third-order valence-electron chi connectivity index (χ3n) is 3.50. The van der Waals surface area contributed by atoms with E-state index in [9.17, 15) is 4.79 Å². The maximum atomic E-state index is 11.1. The van der Waals surface area contributed by atoms with Crippen molar-refractivity contribution in [3.63, 3.8) is 0 Å². The highest BCUT2D eigenvalue weighted by Crippen LogP contribution is 2.28. The lowest BCUT2D eigenvalue weighted by Crippen LogP contribution is -2.38. The summed E-state index contributed by atoms with van der Waals surface area (Å²) in [6.07, 6.45) is 0.734. The summed E-state index contributed by atoms with van der Waals surface area (Å²) in [5.41, 5.74) is 1.82. The molecule has 1 aliphatic rings. The largest absolute Gasteiger partial charge is 0.453 e. The van der Waals surface area contributed by atoms with Gasteiger partial charge in [0.2, 0.25) is 0 Å². The fourth-order valence-corrected chi connectivity index (χ4v) is 1.95. The maximum absolute atomic E-state index is 11.1. The molecule has 22 heavy (non-hydrogen) atoms. The number of guanidine groups is 1. The third kappa shape index (κ3) is 5.70. The molecule has 1 fully saturated rings. The molecule has 1 aliphatic carbocycles. The maximum Gasteiger partial charge on any atom is 0.411 e. The van der Waals surface area contributed by atoms with Gasteiger partial charge in [-0.15, -0.1) is 24.0 Å². The Morgan fingerprint density at radius 2 is 2.00 bits per heavy atom. The van der Waals surface area contributed by atoms with Crippen LogP contribution in [0.3, 0.4) is 0 Å². The SMILES string of the molecule is CN=C(NCc1ccc(NC(=O)OC)cc1)NC1CC1C.I. The highest BCUT2D eigenvalue weighted by atomic mass is 127. The first-order valence-corrected chi connectivity index (χ1v) is 7.03. The number of benzene rings is 1. The van der Waals surface area contributed by atoms with Gasteiger partial charge in [0.1, 0.15) is 0 Å². The molecule has 1 aromatic rings. The van der Waals surface area contributed by atoms with Gasteiger partial charge in [-0.25, -0.2) is 4.79 Å². The van der Waals surface area contributed by atoms with Gasteiger partial charge in [0, 0.05) is 25.3 Å². The Morgan fingerprint density at radius 1 is 1.36 bits per heavy atom. The molecule has 2 rings (SSSR count). The first kappa shape index (κ1) is 18.5. The summed E-state index contributed by atoms with van der Waals surface area (Å²) in [5, 5.41) is 9.26. The Hall–Kier alpha value is -1.51. The molecule has 0 aromatic heterocycles. The number of nitrogens with zero attached hydrogens (tertiary/aromatic N) is 1. The molecule has 1 saturated carbocycles. The van der Waals surface area contributed by atoms with Gasteiger partial charge in [-0.3, -0.25) is 10.3 Å². The minimum Gasteiger partial charge on any atom is -0.453 e. The van der Waals surface area contributed by atoms with Gasteiger partial charge in [0.15, 0.2) is 5.96 Å². The number of carbonyl (C=O) groups excluding carboxylic acids is 1. The summed E-state index contributed by atoms with van der Waals surface area (Å²) in [6, 6.07) is 8.12. The molecule has 6 nitrogen and oxygen atoms in total. The molecule has 7 heteroatoms. The van der Waals surface area contributed by atoms with Crippen molar-refractivity contribution in [3.8, 4) is 0 Å². The lowest BCUT2D eigenvalue weighted by Gasteiger charge is -2.12. The monoisotopic (exact) mass is 418 g/mol. The third-order valence-corrected chi connectivity index (χ3v) is 3.50. The van der Waals surface area contributed by atoms with E-state index in [2.05, 4.69) is 32.6 Å². The van der Waals surface area contributed by atoms with E-state index < -0.39 is 6.09 Å². The van der Waals surface area contributed by atoms with Crippen LogP contribution in [-0.2, 0) is 11.3 Å². The molecule has 2 unspecified atom stereocenters. The number of amides is 1. The van der Waals surface area contributed by atoms with E-state index in [0.717, 1.165) is 17.4 Å². The Morgan fingerprint density at radius 3 is 2.50 bits per heavy atom. The van der Waals surface area contributed by atoms with Crippen LogP contribution in [0.15, 0.2) is 29.3 Å². The summed E-state index contributed by atoms with van der Waals surface area (Å²) >= 11 is 0. The van der Waals surface area contributed by atoms with Crippen molar-refractivity contribution < 1.29 is 9.53 Å². The first-order chi connectivity index (χ1) is 10.1. The van der Waals surface area contributed by atoms with Crippen LogP contribution in [0.1, 0.15) is 18.9 Å². The molecular formula is C15H23IN4O2. The number of hydrogen-bond acceptors (Lipinski definition) is 3.